The molecular formula is C16H22N4O5S. The number of sulfonamides is 1. The maximum absolute atomic E-state index is 13.0. The average Bonchev–Trinajstić information content (AvgIpc) is 3.29. The van der Waals surface area contributed by atoms with Crippen molar-refractivity contribution in [3.63, 3.8) is 0 Å². The van der Waals surface area contributed by atoms with Crippen LogP contribution >= 0.6 is 0 Å². The molecule has 1 aromatic heterocycles. The zero-order chi connectivity index (χ0) is 18.5. The lowest BCUT2D eigenvalue weighted by molar-refractivity contribution is -0.145. The van der Waals surface area contributed by atoms with Crippen LogP contribution in [0.2, 0.25) is 0 Å². The van der Waals surface area contributed by atoms with Crippen LogP contribution in [-0.4, -0.2) is 59.7 Å². The molecule has 3 fully saturated rings. The molecule has 2 N–H and O–H groups in total. The van der Waals surface area contributed by atoms with E-state index in [2.05, 4.69) is 4.98 Å². The molecule has 1 saturated carbocycles. The Hall–Kier alpha value is -1.94. The summed E-state index contributed by atoms with van der Waals surface area (Å²) in [5, 5.41) is 0. The minimum atomic E-state index is -4.06. The Labute approximate surface area is 150 Å². The molecule has 0 aromatic carbocycles. The summed E-state index contributed by atoms with van der Waals surface area (Å²) in [6.45, 7) is 1.80. The third-order valence-corrected chi connectivity index (χ3v) is 7.57. The van der Waals surface area contributed by atoms with Gasteiger partial charge in [0, 0.05) is 32.4 Å². The Bertz CT molecular complexity index is 948. The van der Waals surface area contributed by atoms with Crippen LogP contribution in [-0.2, 0) is 14.8 Å². The number of carbonyl (C=O) groups is 1. The van der Waals surface area contributed by atoms with E-state index in [0.717, 1.165) is 38.5 Å². The van der Waals surface area contributed by atoms with Gasteiger partial charge in [0.2, 0.25) is 15.9 Å². The Morgan fingerprint density at radius 2 is 1.92 bits per heavy atom. The molecule has 142 valence electrons. The molecule has 2 aliphatic heterocycles. The van der Waals surface area contributed by atoms with Gasteiger partial charge in [-0.2, -0.15) is 4.31 Å². The molecule has 3 heterocycles. The van der Waals surface area contributed by atoms with Crippen molar-refractivity contribution in [1.82, 2.24) is 19.2 Å². The second kappa shape index (κ2) is 6.05. The maximum atomic E-state index is 13.0. The Morgan fingerprint density at radius 3 is 2.62 bits per heavy atom. The van der Waals surface area contributed by atoms with Crippen molar-refractivity contribution in [3.05, 3.63) is 27.0 Å². The van der Waals surface area contributed by atoms with Crippen molar-refractivity contribution < 1.29 is 13.2 Å². The first kappa shape index (κ1) is 17.5. The molecule has 1 aromatic rings. The second-order valence-corrected chi connectivity index (χ2v) is 9.51. The fourth-order valence-electron chi connectivity index (χ4n) is 4.08. The standard InChI is InChI=1S/C16H22N4O5S/c21-13-12(8-17-15(23)18-13)26(24,25)20-7-5-16(10-20)4-1-6-19(14(16)22)9-11-2-3-11/h8,11H,1-7,9-10H2,(H2,17,18,21,23). The summed E-state index contributed by atoms with van der Waals surface area (Å²) in [5.41, 5.74) is -2.39. The fourth-order valence-corrected chi connectivity index (χ4v) is 5.60. The fraction of sp³-hybridized carbons (Fsp3) is 0.688. The van der Waals surface area contributed by atoms with Crippen molar-refractivity contribution >= 4 is 15.9 Å². The summed E-state index contributed by atoms with van der Waals surface area (Å²) >= 11 is 0. The molecule has 1 unspecified atom stereocenters. The summed E-state index contributed by atoms with van der Waals surface area (Å²) in [4.78, 5) is 41.6. The summed E-state index contributed by atoms with van der Waals surface area (Å²) in [6.07, 6.45) is 5.24. The van der Waals surface area contributed by atoms with Gasteiger partial charge in [0.1, 0.15) is 0 Å². The van der Waals surface area contributed by atoms with Crippen LogP contribution in [0.3, 0.4) is 0 Å². The number of hydrogen-bond donors (Lipinski definition) is 2. The van der Waals surface area contributed by atoms with E-state index < -0.39 is 31.6 Å². The number of nitrogens with zero attached hydrogens (tertiary/aromatic N) is 2. The molecule has 3 aliphatic rings. The van der Waals surface area contributed by atoms with Crippen LogP contribution in [0.5, 0.6) is 0 Å². The van der Waals surface area contributed by atoms with E-state index >= 15 is 0 Å². The Balaban J connectivity index is 1.58. The minimum absolute atomic E-state index is 0.0451. The van der Waals surface area contributed by atoms with Crippen LogP contribution in [0.1, 0.15) is 32.1 Å². The third kappa shape index (κ3) is 2.90. The summed E-state index contributed by atoms with van der Waals surface area (Å²) in [6, 6.07) is 0. The molecule has 1 aliphatic carbocycles. The quantitative estimate of drug-likeness (QED) is 0.725. The first-order chi connectivity index (χ1) is 12.3. The minimum Gasteiger partial charge on any atom is -0.342 e. The molecule has 26 heavy (non-hydrogen) atoms. The van der Waals surface area contributed by atoms with Gasteiger partial charge in [-0.1, -0.05) is 0 Å². The highest BCUT2D eigenvalue weighted by molar-refractivity contribution is 7.89. The molecule has 0 radical (unpaired) electrons. The number of nitrogens with one attached hydrogen (secondary N) is 2. The van der Waals surface area contributed by atoms with Crippen molar-refractivity contribution in [1.29, 1.82) is 0 Å². The predicted octanol–water partition coefficient (Wildman–Crippen LogP) is -0.524. The molecule has 0 bridgehead atoms. The van der Waals surface area contributed by atoms with E-state index in [9.17, 15) is 22.8 Å². The number of H-pyrrole nitrogens is 2. The number of aromatic amines is 2. The number of aromatic nitrogens is 2. The highest BCUT2D eigenvalue weighted by atomic mass is 32.2. The number of carbonyl (C=O) groups excluding carboxylic acids is 1. The van der Waals surface area contributed by atoms with E-state index in [1.165, 1.54) is 4.31 Å². The van der Waals surface area contributed by atoms with Gasteiger partial charge in [0.15, 0.2) is 4.90 Å². The van der Waals surface area contributed by atoms with Gasteiger partial charge in [0.25, 0.3) is 5.56 Å². The first-order valence-corrected chi connectivity index (χ1v) is 10.4. The molecule has 1 amide bonds. The monoisotopic (exact) mass is 382 g/mol. The highest BCUT2D eigenvalue weighted by Crippen LogP contribution is 2.42. The molecule has 1 atom stereocenters. The van der Waals surface area contributed by atoms with E-state index in [1.807, 2.05) is 9.88 Å². The van der Waals surface area contributed by atoms with Gasteiger partial charge in [0.05, 0.1) is 5.41 Å². The molecule has 10 heteroatoms. The summed E-state index contributed by atoms with van der Waals surface area (Å²) < 4.78 is 26.9. The van der Waals surface area contributed by atoms with E-state index in [4.69, 9.17) is 0 Å². The zero-order valence-corrected chi connectivity index (χ0v) is 15.2. The lowest BCUT2D eigenvalue weighted by atomic mass is 9.78. The molecule has 4 rings (SSSR count). The topological polar surface area (TPSA) is 123 Å². The Morgan fingerprint density at radius 1 is 1.15 bits per heavy atom. The summed E-state index contributed by atoms with van der Waals surface area (Å²) in [5.74, 6) is 0.638. The van der Waals surface area contributed by atoms with Gasteiger partial charge >= 0.3 is 5.69 Å². The highest BCUT2D eigenvalue weighted by Gasteiger charge is 2.51. The number of hydrogen-bond acceptors (Lipinski definition) is 5. The Kier molecular flexibility index (Phi) is 4.07. The first-order valence-electron chi connectivity index (χ1n) is 8.93. The predicted molar refractivity (Wildman–Crippen MR) is 92.0 cm³/mol. The van der Waals surface area contributed by atoms with Crippen LogP contribution in [0.4, 0.5) is 0 Å². The van der Waals surface area contributed by atoms with Crippen molar-refractivity contribution in [2.75, 3.05) is 26.2 Å². The number of likely N-dealkylation sites (tertiary alicyclic amines) is 1. The smallest absolute Gasteiger partial charge is 0.325 e. The van der Waals surface area contributed by atoms with Gasteiger partial charge in [-0.15, -0.1) is 0 Å². The lowest BCUT2D eigenvalue weighted by Gasteiger charge is -2.39. The molecule has 9 nitrogen and oxygen atoms in total. The van der Waals surface area contributed by atoms with Crippen LogP contribution in [0.15, 0.2) is 20.7 Å². The largest absolute Gasteiger partial charge is 0.342 e. The van der Waals surface area contributed by atoms with Crippen LogP contribution in [0.25, 0.3) is 0 Å². The van der Waals surface area contributed by atoms with Gasteiger partial charge in [-0.05, 0) is 38.0 Å². The number of amides is 1. The van der Waals surface area contributed by atoms with Crippen molar-refractivity contribution in [3.8, 4) is 0 Å². The van der Waals surface area contributed by atoms with Crippen molar-refractivity contribution in [2.45, 2.75) is 37.0 Å². The SMILES string of the molecule is O=C1N(CC2CC2)CCCC12CCN(S(=O)(=O)c1c[nH]c(=O)[nH]c1=O)C2. The second-order valence-electron chi connectivity index (χ2n) is 7.60. The summed E-state index contributed by atoms with van der Waals surface area (Å²) in [7, 11) is -4.06. The van der Waals surface area contributed by atoms with Crippen LogP contribution < -0.4 is 11.2 Å². The maximum Gasteiger partial charge on any atom is 0.325 e. The average molecular weight is 382 g/mol. The number of piperidine rings is 1. The van der Waals surface area contributed by atoms with E-state index in [0.29, 0.717) is 18.8 Å². The van der Waals surface area contributed by atoms with Crippen LogP contribution in [0, 0.1) is 11.3 Å². The third-order valence-electron chi connectivity index (χ3n) is 5.72. The molecule has 2 saturated heterocycles. The van der Waals surface area contributed by atoms with E-state index in [1.54, 1.807) is 0 Å². The zero-order valence-electron chi connectivity index (χ0n) is 14.4. The molecular weight excluding hydrogens is 360 g/mol. The van der Waals surface area contributed by atoms with Crippen molar-refractivity contribution in [2.24, 2.45) is 11.3 Å². The van der Waals surface area contributed by atoms with E-state index in [-0.39, 0.29) is 19.0 Å². The van der Waals surface area contributed by atoms with Gasteiger partial charge in [-0.25, -0.2) is 13.2 Å². The van der Waals surface area contributed by atoms with Gasteiger partial charge < -0.3 is 9.88 Å². The normalized spacial score (nSPS) is 27.4. The number of rotatable bonds is 4. The van der Waals surface area contributed by atoms with Gasteiger partial charge in [-0.3, -0.25) is 14.6 Å². The lowest BCUT2D eigenvalue weighted by Crippen LogP contribution is -2.51. The molecule has 1 spiro atoms.